The number of hydrogen-bond acceptors (Lipinski definition) is 2. The van der Waals surface area contributed by atoms with Crippen LogP contribution >= 0.6 is 0 Å². The third-order valence-electron chi connectivity index (χ3n) is 5.24. The molecule has 4 heteroatoms. The minimum absolute atomic E-state index is 0.170. The summed E-state index contributed by atoms with van der Waals surface area (Å²) in [5.74, 6) is 0.170. The topological polar surface area (TPSA) is 37.6 Å². The third kappa shape index (κ3) is 3.04. The van der Waals surface area contributed by atoms with Crippen molar-refractivity contribution in [2.75, 3.05) is 6.54 Å². The lowest BCUT2D eigenvalue weighted by Crippen LogP contribution is -2.32. The van der Waals surface area contributed by atoms with Crippen LogP contribution < -0.4 is 0 Å². The Morgan fingerprint density at radius 3 is 2.88 bits per heavy atom. The van der Waals surface area contributed by atoms with Gasteiger partial charge in [0.25, 0.3) is 0 Å². The molecule has 1 aliphatic heterocycles. The summed E-state index contributed by atoms with van der Waals surface area (Å²) in [5.41, 5.74) is 5.56. The molecule has 4 nitrogen and oxygen atoms in total. The van der Waals surface area contributed by atoms with Gasteiger partial charge in [0.1, 0.15) is 5.65 Å². The van der Waals surface area contributed by atoms with E-state index in [0.29, 0.717) is 6.42 Å². The van der Waals surface area contributed by atoms with Crippen molar-refractivity contribution in [3.8, 4) is 0 Å². The molecule has 1 saturated heterocycles. The first-order valence-corrected chi connectivity index (χ1v) is 8.91. The number of aromatic nitrogens is 2. The maximum absolute atomic E-state index is 12.9. The molecule has 0 saturated carbocycles. The highest BCUT2D eigenvalue weighted by Crippen LogP contribution is 2.33. The van der Waals surface area contributed by atoms with Crippen molar-refractivity contribution in [1.82, 2.24) is 14.3 Å². The number of amides is 1. The molecule has 0 aliphatic carbocycles. The van der Waals surface area contributed by atoms with Crippen LogP contribution in [-0.4, -0.2) is 26.7 Å². The van der Waals surface area contributed by atoms with E-state index >= 15 is 0 Å². The van der Waals surface area contributed by atoms with E-state index in [2.05, 4.69) is 37.0 Å². The molecule has 2 aromatic heterocycles. The van der Waals surface area contributed by atoms with Gasteiger partial charge in [0, 0.05) is 18.9 Å². The average Bonchev–Trinajstić information content (AvgIpc) is 3.23. The summed E-state index contributed by atoms with van der Waals surface area (Å²) in [7, 11) is 0. The van der Waals surface area contributed by atoms with E-state index in [9.17, 15) is 4.79 Å². The summed E-state index contributed by atoms with van der Waals surface area (Å²) in [4.78, 5) is 19.5. The molecule has 0 spiro atoms. The van der Waals surface area contributed by atoms with E-state index in [1.807, 2.05) is 39.9 Å². The first-order valence-electron chi connectivity index (χ1n) is 8.91. The van der Waals surface area contributed by atoms with Crippen LogP contribution in [0.1, 0.15) is 41.3 Å². The molecule has 25 heavy (non-hydrogen) atoms. The second-order valence-electron chi connectivity index (χ2n) is 6.96. The lowest BCUT2D eigenvalue weighted by molar-refractivity contribution is -0.131. The fraction of sp³-hybridized carbons (Fsp3) is 0.333. The molecule has 1 aliphatic rings. The molecule has 0 bridgehead atoms. The van der Waals surface area contributed by atoms with E-state index < -0.39 is 0 Å². The summed E-state index contributed by atoms with van der Waals surface area (Å²) in [6, 6.07) is 12.7. The van der Waals surface area contributed by atoms with Gasteiger partial charge in [-0.1, -0.05) is 24.3 Å². The fourth-order valence-electron chi connectivity index (χ4n) is 3.71. The molecule has 0 radical (unpaired) electrons. The number of nitrogens with zero attached hydrogens (tertiary/aromatic N) is 3. The zero-order valence-corrected chi connectivity index (χ0v) is 14.8. The van der Waals surface area contributed by atoms with Gasteiger partial charge in [0.05, 0.1) is 18.2 Å². The molecule has 1 unspecified atom stereocenters. The monoisotopic (exact) mass is 333 g/mol. The normalized spacial score (nSPS) is 17.4. The standard InChI is InChI=1S/C21H23N3O/c1-15-8-9-17(12-16(15)2)19-6-5-11-24(19)21(25)13-18-14-23-10-4-3-7-20(23)22-18/h3-4,7-10,12,14,19H,5-6,11,13H2,1-2H3. The molecule has 4 rings (SSSR count). The lowest BCUT2D eigenvalue weighted by atomic mass is 9.99. The smallest absolute Gasteiger partial charge is 0.229 e. The summed E-state index contributed by atoms with van der Waals surface area (Å²) in [6.07, 6.45) is 6.38. The van der Waals surface area contributed by atoms with Crippen molar-refractivity contribution >= 4 is 11.6 Å². The van der Waals surface area contributed by atoms with Gasteiger partial charge >= 0.3 is 0 Å². The second-order valence-corrected chi connectivity index (χ2v) is 6.96. The number of pyridine rings is 1. The van der Waals surface area contributed by atoms with Gasteiger partial charge in [-0.3, -0.25) is 4.79 Å². The zero-order valence-electron chi connectivity index (χ0n) is 14.8. The Morgan fingerprint density at radius 1 is 1.20 bits per heavy atom. The molecular formula is C21H23N3O. The van der Waals surface area contributed by atoms with Crippen molar-refractivity contribution in [1.29, 1.82) is 0 Å². The SMILES string of the molecule is Cc1ccc(C2CCCN2C(=O)Cc2cn3ccccc3n2)cc1C. The summed E-state index contributed by atoms with van der Waals surface area (Å²) in [6.45, 7) is 5.10. The van der Waals surface area contributed by atoms with Crippen LogP contribution in [-0.2, 0) is 11.2 Å². The number of carbonyl (C=O) groups excluding carboxylic acids is 1. The largest absolute Gasteiger partial charge is 0.335 e. The number of imidazole rings is 1. The Hall–Kier alpha value is -2.62. The molecule has 1 fully saturated rings. The second kappa shape index (κ2) is 6.36. The Morgan fingerprint density at radius 2 is 2.08 bits per heavy atom. The minimum Gasteiger partial charge on any atom is -0.335 e. The number of fused-ring (bicyclic) bond motifs is 1. The van der Waals surface area contributed by atoms with Crippen molar-refractivity contribution in [3.05, 3.63) is 71.2 Å². The molecule has 1 atom stereocenters. The number of likely N-dealkylation sites (tertiary alicyclic amines) is 1. The van der Waals surface area contributed by atoms with Gasteiger partial charge in [-0.05, 0) is 55.5 Å². The Kier molecular flexibility index (Phi) is 4.04. The summed E-state index contributed by atoms with van der Waals surface area (Å²) < 4.78 is 1.97. The Labute approximate surface area is 148 Å². The first-order chi connectivity index (χ1) is 12.1. The van der Waals surface area contributed by atoms with E-state index in [4.69, 9.17) is 0 Å². The number of aryl methyl sites for hydroxylation is 2. The van der Waals surface area contributed by atoms with E-state index in [0.717, 1.165) is 30.7 Å². The van der Waals surface area contributed by atoms with Crippen LogP contribution in [0.3, 0.4) is 0 Å². The number of carbonyl (C=O) groups is 1. The minimum atomic E-state index is 0.170. The zero-order chi connectivity index (χ0) is 17.4. The molecule has 1 aromatic carbocycles. The molecular weight excluding hydrogens is 310 g/mol. The predicted molar refractivity (Wildman–Crippen MR) is 98.5 cm³/mol. The first kappa shape index (κ1) is 15.9. The highest BCUT2D eigenvalue weighted by atomic mass is 16.2. The number of hydrogen-bond donors (Lipinski definition) is 0. The molecule has 1 amide bonds. The van der Waals surface area contributed by atoms with Crippen molar-refractivity contribution in [2.24, 2.45) is 0 Å². The molecule has 0 N–H and O–H groups in total. The molecule has 3 aromatic rings. The van der Waals surface area contributed by atoms with Gasteiger partial charge < -0.3 is 9.30 Å². The van der Waals surface area contributed by atoms with Gasteiger partial charge in [0.2, 0.25) is 5.91 Å². The predicted octanol–water partition coefficient (Wildman–Crippen LogP) is 3.86. The van der Waals surface area contributed by atoms with Crippen LogP contribution in [0.4, 0.5) is 0 Å². The fourth-order valence-corrected chi connectivity index (χ4v) is 3.71. The van der Waals surface area contributed by atoms with Crippen molar-refractivity contribution in [3.63, 3.8) is 0 Å². The quantitative estimate of drug-likeness (QED) is 0.730. The maximum atomic E-state index is 12.9. The third-order valence-corrected chi connectivity index (χ3v) is 5.24. The van der Waals surface area contributed by atoms with Crippen LogP contribution in [0.25, 0.3) is 5.65 Å². The van der Waals surface area contributed by atoms with E-state index in [1.165, 1.54) is 16.7 Å². The molecule has 128 valence electrons. The van der Waals surface area contributed by atoms with Gasteiger partial charge in [-0.2, -0.15) is 0 Å². The number of rotatable bonds is 3. The Bertz CT molecular complexity index is 895. The van der Waals surface area contributed by atoms with Gasteiger partial charge in [-0.15, -0.1) is 0 Å². The van der Waals surface area contributed by atoms with Gasteiger partial charge in [-0.25, -0.2) is 4.98 Å². The average molecular weight is 333 g/mol. The van der Waals surface area contributed by atoms with Crippen molar-refractivity contribution in [2.45, 2.75) is 39.2 Å². The van der Waals surface area contributed by atoms with Crippen LogP contribution in [0.15, 0.2) is 48.8 Å². The number of benzene rings is 1. The highest BCUT2D eigenvalue weighted by Gasteiger charge is 2.30. The Balaban J connectivity index is 1.54. The van der Waals surface area contributed by atoms with Crippen LogP contribution in [0, 0.1) is 13.8 Å². The highest BCUT2D eigenvalue weighted by molar-refractivity contribution is 5.79. The van der Waals surface area contributed by atoms with E-state index in [-0.39, 0.29) is 11.9 Å². The van der Waals surface area contributed by atoms with Gasteiger partial charge in [0.15, 0.2) is 0 Å². The summed E-state index contributed by atoms with van der Waals surface area (Å²) in [5, 5.41) is 0. The van der Waals surface area contributed by atoms with Crippen LogP contribution in [0.5, 0.6) is 0 Å². The van der Waals surface area contributed by atoms with Crippen molar-refractivity contribution < 1.29 is 4.79 Å². The van der Waals surface area contributed by atoms with E-state index in [1.54, 1.807) is 0 Å². The van der Waals surface area contributed by atoms with Crippen LogP contribution in [0.2, 0.25) is 0 Å². The maximum Gasteiger partial charge on any atom is 0.229 e. The lowest BCUT2D eigenvalue weighted by Gasteiger charge is -2.25. The summed E-state index contributed by atoms with van der Waals surface area (Å²) >= 11 is 0. The molecule has 3 heterocycles.